The van der Waals surface area contributed by atoms with Crippen LogP contribution in [0.3, 0.4) is 0 Å². The van der Waals surface area contributed by atoms with Gasteiger partial charge in [0.05, 0.1) is 11.9 Å². The molecule has 0 spiro atoms. The summed E-state index contributed by atoms with van der Waals surface area (Å²) in [5, 5.41) is 3.24. The summed E-state index contributed by atoms with van der Waals surface area (Å²) >= 11 is 5.60. The Kier molecular flexibility index (Phi) is 7.69. The first-order valence-electron chi connectivity index (χ1n) is 12.1. The zero-order chi connectivity index (χ0) is 27.4. The van der Waals surface area contributed by atoms with Crippen molar-refractivity contribution in [3.8, 4) is 11.5 Å². The number of nitrogens with one attached hydrogen (secondary N) is 1. The molecule has 0 atom stereocenters. The van der Waals surface area contributed by atoms with Gasteiger partial charge in [-0.1, -0.05) is 24.3 Å². The van der Waals surface area contributed by atoms with E-state index in [9.17, 15) is 17.6 Å². The van der Waals surface area contributed by atoms with Gasteiger partial charge in [0.25, 0.3) is 0 Å². The molecule has 1 aromatic heterocycles. The number of aromatic nitrogens is 2. The highest BCUT2D eigenvalue weighted by atomic mass is 32.1. The van der Waals surface area contributed by atoms with E-state index >= 15 is 0 Å². The van der Waals surface area contributed by atoms with Crippen molar-refractivity contribution < 1.29 is 27.0 Å². The number of hydrogen-bond donors (Lipinski definition) is 1. The summed E-state index contributed by atoms with van der Waals surface area (Å²) < 4.78 is 67.3. The lowest BCUT2D eigenvalue weighted by Crippen LogP contribution is -2.36. The molecule has 202 valence electrons. The molecule has 0 bridgehead atoms. The zero-order valence-electron chi connectivity index (χ0n) is 20.6. The molecule has 0 unspecified atom stereocenters. The van der Waals surface area contributed by atoms with Gasteiger partial charge in [0, 0.05) is 43.6 Å². The van der Waals surface area contributed by atoms with Crippen LogP contribution < -0.4 is 14.8 Å². The quantitative estimate of drug-likeness (QED) is 0.204. The van der Waals surface area contributed by atoms with Crippen molar-refractivity contribution in [1.29, 1.82) is 0 Å². The Morgan fingerprint density at radius 1 is 1.03 bits per heavy atom. The Bertz CT molecular complexity index is 1460. The highest BCUT2D eigenvalue weighted by molar-refractivity contribution is 7.80. The third-order valence-electron chi connectivity index (χ3n) is 6.29. The Labute approximate surface area is 227 Å². The summed E-state index contributed by atoms with van der Waals surface area (Å²) in [4.78, 5) is 5.94. The molecule has 0 saturated carbocycles. The molecule has 11 heteroatoms. The van der Waals surface area contributed by atoms with Crippen molar-refractivity contribution >= 4 is 23.0 Å². The van der Waals surface area contributed by atoms with Gasteiger partial charge in [0.15, 0.2) is 16.6 Å². The van der Waals surface area contributed by atoms with Crippen LogP contribution in [0.25, 0.3) is 0 Å². The van der Waals surface area contributed by atoms with Gasteiger partial charge in [0.2, 0.25) is 6.79 Å². The van der Waals surface area contributed by atoms with Gasteiger partial charge in [-0.25, -0.2) is 9.37 Å². The molecule has 4 aromatic rings. The lowest BCUT2D eigenvalue weighted by Gasteiger charge is -2.27. The second kappa shape index (κ2) is 11.3. The largest absolute Gasteiger partial charge is 0.454 e. The fourth-order valence-corrected chi connectivity index (χ4v) is 4.59. The van der Waals surface area contributed by atoms with E-state index in [-0.39, 0.29) is 24.0 Å². The number of hydrogen-bond acceptors (Lipinski definition) is 4. The van der Waals surface area contributed by atoms with Crippen LogP contribution in [0, 0.1) is 5.82 Å². The third-order valence-corrected chi connectivity index (χ3v) is 6.65. The Morgan fingerprint density at radius 3 is 2.59 bits per heavy atom. The second-order valence-electron chi connectivity index (χ2n) is 8.96. The minimum Gasteiger partial charge on any atom is -0.454 e. The van der Waals surface area contributed by atoms with Gasteiger partial charge in [-0.3, -0.25) is 0 Å². The normalized spacial score (nSPS) is 12.4. The molecule has 1 N–H and O–H groups in total. The third kappa shape index (κ3) is 6.48. The number of ether oxygens (including phenoxy) is 2. The van der Waals surface area contributed by atoms with Gasteiger partial charge in [-0.15, -0.1) is 0 Å². The van der Waals surface area contributed by atoms with Crippen LogP contribution in [-0.2, 0) is 25.7 Å². The smallest absolute Gasteiger partial charge is 0.416 e. The van der Waals surface area contributed by atoms with Crippen LogP contribution in [-0.4, -0.2) is 32.9 Å². The number of nitrogens with zero attached hydrogens (tertiary/aromatic N) is 3. The average Bonchev–Trinajstić information content (AvgIpc) is 3.56. The molecule has 0 fully saturated rings. The van der Waals surface area contributed by atoms with Crippen molar-refractivity contribution in [1.82, 2.24) is 14.5 Å². The van der Waals surface area contributed by atoms with Gasteiger partial charge in [-0.05, 0) is 65.8 Å². The van der Waals surface area contributed by atoms with Crippen molar-refractivity contribution in [2.75, 3.05) is 18.7 Å². The monoisotopic (exact) mass is 556 g/mol. The van der Waals surface area contributed by atoms with Crippen molar-refractivity contribution in [3.63, 3.8) is 0 Å². The molecule has 0 aliphatic carbocycles. The molecular weight excluding hydrogens is 532 g/mol. The Hall–Kier alpha value is -4.12. The van der Waals surface area contributed by atoms with E-state index in [1.54, 1.807) is 23.5 Å². The van der Waals surface area contributed by atoms with E-state index < -0.39 is 17.6 Å². The zero-order valence-corrected chi connectivity index (χ0v) is 21.4. The number of anilines is 1. The van der Waals surface area contributed by atoms with E-state index in [0.29, 0.717) is 36.7 Å². The van der Waals surface area contributed by atoms with Crippen LogP contribution in [0.2, 0.25) is 0 Å². The number of halogens is 4. The lowest BCUT2D eigenvalue weighted by atomic mass is 10.1. The van der Waals surface area contributed by atoms with E-state index in [4.69, 9.17) is 21.7 Å². The maximum Gasteiger partial charge on any atom is 0.416 e. The van der Waals surface area contributed by atoms with Crippen molar-refractivity contribution in [2.45, 2.75) is 25.7 Å². The van der Waals surface area contributed by atoms with Crippen LogP contribution in [0.15, 0.2) is 79.3 Å². The number of imidazole rings is 1. The highest BCUT2D eigenvalue weighted by Crippen LogP contribution is 2.33. The molecule has 5 rings (SSSR count). The van der Waals surface area contributed by atoms with Crippen LogP contribution in [0.1, 0.15) is 22.4 Å². The molecule has 1 aliphatic heterocycles. The molecule has 0 saturated heterocycles. The summed E-state index contributed by atoms with van der Waals surface area (Å²) in [6.45, 7) is 0.959. The Balaban J connectivity index is 1.34. The molecular formula is C28H24F4N4O2S. The first-order valence-corrected chi connectivity index (χ1v) is 12.5. The lowest BCUT2D eigenvalue weighted by molar-refractivity contribution is -0.138. The van der Waals surface area contributed by atoms with Crippen LogP contribution in [0.4, 0.5) is 23.2 Å². The molecule has 3 aromatic carbocycles. The predicted molar refractivity (Wildman–Crippen MR) is 142 cm³/mol. The van der Waals surface area contributed by atoms with Gasteiger partial charge in [-0.2, -0.15) is 13.2 Å². The van der Waals surface area contributed by atoms with E-state index in [1.165, 1.54) is 36.4 Å². The highest BCUT2D eigenvalue weighted by Gasteiger charge is 2.33. The van der Waals surface area contributed by atoms with E-state index in [0.717, 1.165) is 17.3 Å². The molecule has 39 heavy (non-hydrogen) atoms. The number of alkyl halides is 3. The van der Waals surface area contributed by atoms with E-state index in [1.807, 2.05) is 22.8 Å². The van der Waals surface area contributed by atoms with Gasteiger partial charge < -0.3 is 24.3 Å². The molecule has 0 amide bonds. The minimum absolute atomic E-state index is 0.0704. The maximum atomic E-state index is 13.7. The predicted octanol–water partition coefficient (Wildman–Crippen LogP) is 6.26. The fraction of sp³-hybridized carbons (Fsp3) is 0.214. The van der Waals surface area contributed by atoms with Crippen LogP contribution >= 0.6 is 12.2 Å². The second-order valence-corrected chi connectivity index (χ2v) is 9.35. The average molecular weight is 557 g/mol. The van der Waals surface area contributed by atoms with Crippen molar-refractivity contribution in [3.05, 3.63) is 107 Å². The summed E-state index contributed by atoms with van der Waals surface area (Å²) in [6.07, 6.45) is -0.606. The molecule has 6 nitrogen and oxygen atoms in total. The topological polar surface area (TPSA) is 51.6 Å². The number of benzene rings is 3. The molecule has 1 aliphatic rings. The number of rotatable bonds is 8. The van der Waals surface area contributed by atoms with Crippen molar-refractivity contribution in [2.24, 2.45) is 0 Å². The minimum atomic E-state index is -4.50. The standard InChI is InChI=1S/C28H24F4N4O2S/c29-21-6-8-22(9-7-21)34-27(39)35(16-20-3-1-2-4-24(20)28(30,31)32)12-11-23-14-33-17-36(23)15-19-5-10-25-26(13-19)38-18-37-25/h1-10,13-14,17H,11-12,15-16,18H2,(H,34,39). The Morgan fingerprint density at radius 2 is 1.79 bits per heavy atom. The number of fused-ring (bicyclic) bond motifs is 1. The van der Waals surface area contributed by atoms with Gasteiger partial charge >= 0.3 is 6.18 Å². The van der Waals surface area contributed by atoms with Crippen LogP contribution in [0.5, 0.6) is 11.5 Å². The van der Waals surface area contributed by atoms with E-state index in [2.05, 4.69) is 10.3 Å². The summed E-state index contributed by atoms with van der Waals surface area (Å²) in [5.41, 5.74) is 1.78. The molecule has 0 radical (unpaired) electrons. The number of thiocarbonyl (C=S) groups is 1. The van der Waals surface area contributed by atoms with Gasteiger partial charge in [0.1, 0.15) is 5.82 Å². The first kappa shape index (κ1) is 26.5. The fourth-order valence-electron chi connectivity index (χ4n) is 4.31. The molecule has 2 heterocycles. The summed E-state index contributed by atoms with van der Waals surface area (Å²) in [7, 11) is 0. The summed E-state index contributed by atoms with van der Waals surface area (Å²) in [5.74, 6) is 0.973. The first-order chi connectivity index (χ1) is 18.8. The summed E-state index contributed by atoms with van der Waals surface area (Å²) in [6, 6.07) is 16.7. The maximum absolute atomic E-state index is 13.7. The SMILES string of the molecule is Fc1ccc(NC(=S)N(CCc2cncn2Cc2ccc3c(c2)OCO3)Cc2ccccc2C(F)(F)F)cc1.